The molecule has 2 rings (SSSR count). The molecule has 13 nitrogen and oxygen atoms in total. The Morgan fingerprint density at radius 3 is 2.31 bits per heavy atom. The number of nitrogens with one attached hydrogen (secondary N) is 2. The largest absolute Gasteiger partial charge is 0.399 e. The number of likely N-dealkylation sites (N-methyl/N-ethyl adjacent to an activating group) is 2. The lowest BCUT2D eigenvalue weighted by Gasteiger charge is -2.41. The Bertz CT molecular complexity index is 1330. The number of likely N-dealkylation sites (tertiary alicyclic amines) is 1. The van der Waals surface area contributed by atoms with E-state index < -0.39 is 36.3 Å². The molecule has 286 valence electrons. The Kier molecular flexibility index (Phi) is 17.8. The second kappa shape index (κ2) is 21.0. The zero-order valence-electron chi connectivity index (χ0n) is 32.5. The van der Waals surface area contributed by atoms with E-state index in [1.807, 2.05) is 45.9 Å². The monoisotopic (exact) mass is 713 g/mol. The summed E-state index contributed by atoms with van der Waals surface area (Å²) in [7, 11) is 8.41. The average molecular weight is 714 g/mol. The van der Waals surface area contributed by atoms with Gasteiger partial charge in [-0.3, -0.25) is 19.2 Å². The van der Waals surface area contributed by atoms with Gasteiger partial charge in [0.2, 0.25) is 23.6 Å². The first-order chi connectivity index (χ1) is 24.1. The first-order valence-corrected chi connectivity index (χ1v) is 18.2. The topological polar surface area (TPSA) is 170 Å². The van der Waals surface area contributed by atoms with Crippen LogP contribution >= 0.6 is 0 Å². The molecule has 1 heterocycles. The van der Waals surface area contributed by atoms with Crippen LogP contribution in [0.4, 0.5) is 5.69 Å². The summed E-state index contributed by atoms with van der Waals surface area (Å²) < 4.78 is 11.9. The number of ether oxygens (including phenoxy) is 2. The van der Waals surface area contributed by atoms with Crippen molar-refractivity contribution >= 4 is 29.3 Å². The maximum absolute atomic E-state index is 14.1. The quantitative estimate of drug-likeness (QED) is 0.172. The number of nitrogens with zero attached hydrogens (tertiary/aromatic N) is 4. The molecule has 0 bridgehead atoms. The number of carbonyl (C=O) groups excluding carboxylic acids is 4. The van der Waals surface area contributed by atoms with E-state index in [1.165, 1.54) is 0 Å². The van der Waals surface area contributed by atoms with Gasteiger partial charge in [0.1, 0.15) is 6.04 Å². The number of rotatable bonds is 20. The summed E-state index contributed by atoms with van der Waals surface area (Å²) >= 11 is 0. The van der Waals surface area contributed by atoms with Gasteiger partial charge in [0, 0.05) is 39.5 Å². The van der Waals surface area contributed by atoms with Crippen LogP contribution in [-0.4, -0.2) is 123 Å². The highest BCUT2D eigenvalue weighted by atomic mass is 16.5. The van der Waals surface area contributed by atoms with Gasteiger partial charge in [-0.2, -0.15) is 5.26 Å². The predicted molar refractivity (Wildman–Crippen MR) is 198 cm³/mol. The molecule has 0 aliphatic carbocycles. The minimum absolute atomic E-state index is 0.0134. The molecule has 1 aliphatic rings. The summed E-state index contributed by atoms with van der Waals surface area (Å²) in [5.74, 6) is -1.65. The Morgan fingerprint density at radius 2 is 1.76 bits per heavy atom. The van der Waals surface area contributed by atoms with Crippen LogP contribution in [0.5, 0.6) is 0 Å². The van der Waals surface area contributed by atoms with Crippen LogP contribution in [-0.2, 0) is 35.1 Å². The molecule has 0 spiro atoms. The van der Waals surface area contributed by atoms with Gasteiger partial charge >= 0.3 is 0 Å². The number of hydrogen-bond donors (Lipinski definition) is 3. The molecular formula is C38H63N7O6. The number of benzene rings is 1. The van der Waals surface area contributed by atoms with Crippen LogP contribution in [0.15, 0.2) is 24.3 Å². The number of nitrogens with two attached hydrogens (primary N) is 1. The second-order valence-corrected chi connectivity index (χ2v) is 14.6. The molecule has 13 heteroatoms. The fourth-order valence-corrected chi connectivity index (χ4v) is 7.17. The van der Waals surface area contributed by atoms with Gasteiger partial charge in [-0.05, 0) is 62.9 Å². The number of nitriles is 1. The van der Waals surface area contributed by atoms with E-state index in [-0.39, 0.29) is 60.9 Å². The van der Waals surface area contributed by atoms with E-state index in [4.69, 9.17) is 15.2 Å². The molecule has 0 aromatic heterocycles. The zero-order chi connectivity index (χ0) is 38.4. The first-order valence-electron chi connectivity index (χ1n) is 18.2. The third-order valence-electron chi connectivity index (χ3n) is 10.1. The van der Waals surface area contributed by atoms with Crippen molar-refractivity contribution in [1.29, 1.82) is 5.26 Å². The van der Waals surface area contributed by atoms with Crippen molar-refractivity contribution in [3.05, 3.63) is 29.8 Å². The standard InChI is InChI=1S/C38H63N7O6/c1-11-25(4)35(44(8)38(49)34(24(2)3)42-32(46)23-43(6)7)31(50-9)22-33(47)45-19-13-16-30(45)36(51-10)26(5)37(48)41-29(17-18-39)21-27-14-12-15-28(40)20-27/h12,14-15,20,24-26,29-31,34-36H,11,13,16-17,19,21-23,40H2,1-10H3,(H,41,48)(H,42,46)/t25-,26+,29?,30?,31+,34?,35-,36+/m0/s1. The lowest BCUT2D eigenvalue weighted by molar-refractivity contribution is -0.147. The fourth-order valence-electron chi connectivity index (χ4n) is 7.17. The molecule has 51 heavy (non-hydrogen) atoms. The van der Waals surface area contributed by atoms with Crippen LogP contribution in [0, 0.1) is 29.1 Å². The number of amides is 4. The van der Waals surface area contributed by atoms with Crippen molar-refractivity contribution in [3.8, 4) is 6.07 Å². The Balaban J connectivity index is 2.24. The van der Waals surface area contributed by atoms with E-state index in [0.717, 1.165) is 18.4 Å². The van der Waals surface area contributed by atoms with Crippen molar-refractivity contribution in [3.63, 3.8) is 0 Å². The van der Waals surface area contributed by atoms with Crippen molar-refractivity contribution in [2.45, 2.75) is 110 Å². The Morgan fingerprint density at radius 1 is 1.08 bits per heavy atom. The van der Waals surface area contributed by atoms with Crippen LogP contribution in [0.2, 0.25) is 0 Å². The van der Waals surface area contributed by atoms with E-state index in [0.29, 0.717) is 25.1 Å². The van der Waals surface area contributed by atoms with Crippen LogP contribution in [0.25, 0.3) is 0 Å². The maximum atomic E-state index is 14.1. The number of methoxy groups -OCH3 is 2. The molecule has 4 amide bonds. The SMILES string of the molecule is CC[C@H](C)[C@@H]([C@@H](CC(=O)N1CCCC1[C@H](OC)[C@@H](C)C(=O)NC(CC#N)Cc1cccc(N)c1)OC)N(C)C(=O)C(NC(=O)CN(C)C)C(C)C. The average Bonchev–Trinajstić information content (AvgIpc) is 3.56. The summed E-state index contributed by atoms with van der Waals surface area (Å²) in [6.07, 6.45) is 1.58. The lowest BCUT2D eigenvalue weighted by Crippen LogP contribution is -2.58. The highest BCUT2D eigenvalue weighted by molar-refractivity contribution is 5.89. The normalized spacial score (nSPS) is 18.6. The minimum atomic E-state index is -0.737. The minimum Gasteiger partial charge on any atom is -0.399 e. The summed E-state index contributed by atoms with van der Waals surface area (Å²) in [4.78, 5) is 59.5. The second-order valence-electron chi connectivity index (χ2n) is 14.6. The predicted octanol–water partition coefficient (Wildman–Crippen LogP) is 2.83. The molecular weight excluding hydrogens is 650 g/mol. The lowest BCUT2D eigenvalue weighted by atomic mass is 9.89. The smallest absolute Gasteiger partial charge is 0.245 e. The number of anilines is 1. The van der Waals surface area contributed by atoms with Crippen molar-refractivity contribution in [2.75, 3.05) is 54.2 Å². The molecule has 3 unspecified atom stereocenters. The molecule has 0 saturated carbocycles. The van der Waals surface area contributed by atoms with E-state index in [9.17, 15) is 24.4 Å². The molecule has 8 atom stereocenters. The summed E-state index contributed by atoms with van der Waals surface area (Å²) in [6, 6.07) is 7.61. The van der Waals surface area contributed by atoms with Crippen molar-refractivity contribution in [1.82, 2.24) is 25.3 Å². The van der Waals surface area contributed by atoms with Gasteiger partial charge < -0.3 is 40.5 Å². The van der Waals surface area contributed by atoms with Gasteiger partial charge in [-0.1, -0.05) is 53.2 Å². The molecule has 1 aromatic carbocycles. The highest BCUT2D eigenvalue weighted by Gasteiger charge is 2.43. The van der Waals surface area contributed by atoms with E-state index in [1.54, 1.807) is 63.1 Å². The Labute approximate surface area is 305 Å². The third kappa shape index (κ3) is 12.5. The highest BCUT2D eigenvalue weighted by Crippen LogP contribution is 2.30. The van der Waals surface area contributed by atoms with Gasteiger partial charge in [0.15, 0.2) is 0 Å². The zero-order valence-corrected chi connectivity index (χ0v) is 32.5. The summed E-state index contributed by atoms with van der Waals surface area (Å²) in [5.41, 5.74) is 7.47. The van der Waals surface area contributed by atoms with Crippen molar-refractivity contribution < 1.29 is 28.7 Å². The third-order valence-corrected chi connectivity index (χ3v) is 10.1. The van der Waals surface area contributed by atoms with Crippen LogP contribution in [0.1, 0.15) is 72.3 Å². The molecule has 1 fully saturated rings. The van der Waals surface area contributed by atoms with E-state index >= 15 is 0 Å². The van der Waals surface area contributed by atoms with Gasteiger partial charge in [0.25, 0.3) is 0 Å². The molecule has 1 saturated heterocycles. The summed E-state index contributed by atoms with van der Waals surface area (Å²) in [5, 5.41) is 15.4. The van der Waals surface area contributed by atoms with E-state index in [2.05, 4.69) is 16.7 Å². The molecule has 4 N–H and O–H groups in total. The molecule has 0 radical (unpaired) electrons. The van der Waals surface area contributed by atoms with Gasteiger partial charge in [-0.25, -0.2) is 0 Å². The maximum Gasteiger partial charge on any atom is 0.245 e. The van der Waals surface area contributed by atoms with Crippen LogP contribution < -0.4 is 16.4 Å². The number of nitrogen functional groups attached to an aromatic ring is 1. The van der Waals surface area contributed by atoms with Crippen molar-refractivity contribution in [2.24, 2.45) is 17.8 Å². The van der Waals surface area contributed by atoms with Crippen LogP contribution in [0.3, 0.4) is 0 Å². The van der Waals surface area contributed by atoms with Gasteiger partial charge in [0.05, 0.1) is 55.7 Å². The molecule has 1 aromatic rings. The Hall–Kier alpha value is -3.73. The first kappa shape index (κ1) is 43.4. The number of hydrogen-bond acceptors (Lipinski definition) is 9. The number of carbonyl (C=O) groups is 4. The van der Waals surface area contributed by atoms with Gasteiger partial charge in [-0.15, -0.1) is 0 Å². The summed E-state index contributed by atoms with van der Waals surface area (Å²) in [6.45, 7) is 10.3. The fraction of sp³-hybridized carbons (Fsp3) is 0.711. The molecule has 1 aliphatic heterocycles.